The average molecular weight is 388 g/mol. The molecule has 0 amide bonds. The standard InChI is InChI=1S/C20H18ClNO5/c1-3-25-20(24)11(2)26-13-5-7-15-16(10-19(23)27-18(15)9-13)14-6-4-12(22)8-17(14)21/h4-11H,3,22H2,1-2H3/t11-/m1/s1. The summed E-state index contributed by atoms with van der Waals surface area (Å²) >= 11 is 6.29. The number of rotatable bonds is 5. The van der Waals surface area contributed by atoms with Gasteiger partial charge in [0.2, 0.25) is 0 Å². The van der Waals surface area contributed by atoms with E-state index in [0.717, 1.165) is 0 Å². The fourth-order valence-electron chi connectivity index (χ4n) is 2.70. The van der Waals surface area contributed by atoms with E-state index in [0.29, 0.717) is 38.6 Å². The number of benzene rings is 2. The normalized spacial score (nSPS) is 12.0. The molecule has 0 aliphatic carbocycles. The van der Waals surface area contributed by atoms with Gasteiger partial charge in [0.25, 0.3) is 0 Å². The number of hydrogen-bond acceptors (Lipinski definition) is 6. The Hall–Kier alpha value is -2.99. The lowest BCUT2D eigenvalue weighted by Crippen LogP contribution is -2.26. The number of carbonyl (C=O) groups excluding carboxylic acids is 1. The second-order valence-electron chi connectivity index (χ2n) is 5.89. The summed E-state index contributed by atoms with van der Waals surface area (Å²) < 4.78 is 15.8. The van der Waals surface area contributed by atoms with Gasteiger partial charge in [0.15, 0.2) is 6.10 Å². The smallest absolute Gasteiger partial charge is 0.347 e. The molecule has 140 valence electrons. The van der Waals surface area contributed by atoms with E-state index in [1.54, 1.807) is 50.2 Å². The minimum absolute atomic E-state index is 0.269. The van der Waals surface area contributed by atoms with E-state index in [2.05, 4.69) is 0 Å². The second kappa shape index (κ2) is 7.72. The highest BCUT2D eigenvalue weighted by atomic mass is 35.5. The molecular weight excluding hydrogens is 370 g/mol. The molecule has 0 spiro atoms. The molecule has 2 aromatic carbocycles. The number of nitrogens with two attached hydrogens (primary N) is 1. The lowest BCUT2D eigenvalue weighted by atomic mass is 10.0. The third-order valence-corrected chi connectivity index (χ3v) is 4.24. The minimum atomic E-state index is -0.788. The first-order chi connectivity index (χ1) is 12.9. The number of fused-ring (bicyclic) bond motifs is 1. The SMILES string of the molecule is CCOC(=O)[C@@H](C)Oc1ccc2c(-c3ccc(N)cc3Cl)cc(=O)oc2c1. The molecular formula is C20H18ClNO5. The Labute approximate surface area is 160 Å². The van der Waals surface area contributed by atoms with Gasteiger partial charge in [-0.1, -0.05) is 17.7 Å². The molecule has 3 rings (SSSR count). The number of esters is 1. The maximum Gasteiger partial charge on any atom is 0.347 e. The molecule has 6 nitrogen and oxygen atoms in total. The number of ether oxygens (including phenoxy) is 2. The molecule has 0 aliphatic heterocycles. The van der Waals surface area contributed by atoms with Gasteiger partial charge in [0.05, 0.1) is 11.6 Å². The van der Waals surface area contributed by atoms with Crippen molar-refractivity contribution in [3.05, 3.63) is 57.9 Å². The number of halogens is 1. The first-order valence-electron chi connectivity index (χ1n) is 8.35. The minimum Gasteiger partial charge on any atom is -0.479 e. The first kappa shape index (κ1) is 18.8. The van der Waals surface area contributed by atoms with Crippen molar-refractivity contribution >= 4 is 34.2 Å². The highest BCUT2D eigenvalue weighted by molar-refractivity contribution is 6.34. The van der Waals surface area contributed by atoms with Gasteiger partial charge in [-0.2, -0.15) is 0 Å². The fraction of sp³-hybridized carbons (Fsp3) is 0.200. The van der Waals surface area contributed by atoms with Crippen LogP contribution in [0.5, 0.6) is 5.75 Å². The number of nitrogen functional groups attached to an aromatic ring is 1. The summed E-state index contributed by atoms with van der Waals surface area (Å²) in [6, 6.07) is 11.4. The molecule has 1 aromatic heterocycles. The predicted molar refractivity (Wildman–Crippen MR) is 104 cm³/mol. The average Bonchev–Trinajstić information content (AvgIpc) is 2.61. The fourth-order valence-corrected chi connectivity index (χ4v) is 2.99. The van der Waals surface area contributed by atoms with Crippen molar-refractivity contribution in [2.45, 2.75) is 20.0 Å². The lowest BCUT2D eigenvalue weighted by molar-refractivity contribution is -0.150. The largest absolute Gasteiger partial charge is 0.479 e. The Kier molecular flexibility index (Phi) is 5.37. The quantitative estimate of drug-likeness (QED) is 0.403. The molecule has 0 radical (unpaired) electrons. The molecule has 1 heterocycles. The number of hydrogen-bond donors (Lipinski definition) is 1. The third kappa shape index (κ3) is 4.06. The Bertz CT molecular complexity index is 1060. The van der Waals surface area contributed by atoms with Gasteiger partial charge < -0.3 is 19.6 Å². The molecule has 1 atom stereocenters. The van der Waals surface area contributed by atoms with Crippen LogP contribution in [0.15, 0.2) is 51.7 Å². The Morgan fingerprint density at radius 2 is 1.96 bits per heavy atom. The molecule has 0 saturated heterocycles. The van der Waals surface area contributed by atoms with E-state index < -0.39 is 17.7 Å². The van der Waals surface area contributed by atoms with Crippen LogP contribution in [0.25, 0.3) is 22.1 Å². The second-order valence-corrected chi connectivity index (χ2v) is 6.30. The molecule has 2 N–H and O–H groups in total. The van der Waals surface area contributed by atoms with Crippen LogP contribution in [0.2, 0.25) is 5.02 Å². The van der Waals surface area contributed by atoms with Crippen molar-refractivity contribution in [3.8, 4) is 16.9 Å². The van der Waals surface area contributed by atoms with Crippen molar-refractivity contribution < 1.29 is 18.7 Å². The van der Waals surface area contributed by atoms with Gasteiger partial charge >= 0.3 is 11.6 Å². The number of carbonyl (C=O) groups is 1. The van der Waals surface area contributed by atoms with Gasteiger partial charge in [-0.25, -0.2) is 9.59 Å². The highest BCUT2D eigenvalue weighted by Gasteiger charge is 2.17. The zero-order valence-electron chi connectivity index (χ0n) is 14.8. The van der Waals surface area contributed by atoms with Crippen molar-refractivity contribution in [2.24, 2.45) is 0 Å². The number of anilines is 1. The van der Waals surface area contributed by atoms with Crippen LogP contribution in [-0.2, 0) is 9.53 Å². The summed E-state index contributed by atoms with van der Waals surface area (Å²) in [6.07, 6.45) is -0.788. The molecule has 27 heavy (non-hydrogen) atoms. The Balaban J connectivity index is 2.03. The van der Waals surface area contributed by atoms with Crippen LogP contribution in [0.4, 0.5) is 5.69 Å². The van der Waals surface area contributed by atoms with Crippen LogP contribution >= 0.6 is 11.6 Å². The van der Waals surface area contributed by atoms with Gasteiger partial charge in [0.1, 0.15) is 11.3 Å². The summed E-state index contributed by atoms with van der Waals surface area (Å²) in [5, 5.41) is 1.11. The van der Waals surface area contributed by atoms with E-state index in [9.17, 15) is 9.59 Å². The molecule has 7 heteroatoms. The monoisotopic (exact) mass is 387 g/mol. The van der Waals surface area contributed by atoms with E-state index in [1.165, 1.54) is 6.07 Å². The Morgan fingerprint density at radius 1 is 1.19 bits per heavy atom. The van der Waals surface area contributed by atoms with E-state index in [4.69, 9.17) is 31.2 Å². The van der Waals surface area contributed by atoms with Gasteiger partial charge in [-0.15, -0.1) is 0 Å². The van der Waals surface area contributed by atoms with Crippen LogP contribution in [0.3, 0.4) is 0 Å². The van der Waals surface area contributed by atoms with Gasteiger partial charge in [-0.05, 0) is 38.1 Å². The predicted octanol–water partition coefficient (Wildman–Crippen LogP) is 4.03. The first-order valence-corrected chi connectivity index (χ1v) is 8.73. The van der Waals surface area contributed by atoms with Crippen molar-refractivity contribution in [1.82, 2.24) is 0 Å². The van der Waals surface area contributed by atoms with E-state index >= 15 is 0 Å². The van der Waals surface area contributed by atoms with Gasteiger partial charge in [0, 0.05) is 34.3 Å². The van der Waals surface area contributed by atoms with Gasteiger partial charge in [-0.3, -0.25) is 0 Å². The van der Waals surface area contributed by atoms with E-state index in [1.807, 2.05) is 0 Å². The molecule has 0 bridgehead atoms. The molecule has 0 fully saturated rings. The molecule has 0 aliphatic rings. The van der Waals surface area contributed by atoms with Crippen molar-refractivity contribution in [1.29, 1.82) is 0 Å². The topological polar surface area (TPSA) is 91.8 Å². The highest BCUT2D eigenvalue weighted by Crippen LogP contribution is 2.34. The Morgan fingerprint density at radius 3 is 2.67 bits per heavy atom. The van der Waals surface area contributed by atoms with E-state index in [-0.39, 0.29) is 6.61 Å². The summed E-state index contributed by atoms with van der Waals surface area (Å²) in [4.78, 5) is 23.8. The lowest BCUT2D eigenvalue weighted by Gasteiger charge is -2.14. The maximum atomic E-state index is 12.0. The maximum absolute atomic E-state index is 12.0. The van der Waals surface area contributed by atoms with Crippen LogP contribution in [-0.4, -0.2) is 18.7 Å². The summed E-state index contributed by atoms with van der Waals surface area (Å²) in [5.41, 5.74) is 7.35. The third-order valence-electron chi connectivity index (χ3n) is 3.93. The summed E-state index contributed by atoms with van der Waals surface area (Å²) in [6.45, 7) is 3.58. The van der Waals surface area contributed by atoms with Crippen molar-refractivity contribution in [3.63, 3.8) is 0 Å². The zero-order chi connectivity index (χ0) is 19.6. The van der Waals surface area contributed by atoms with Crippen LogP contribution in [0, 0.1) is 0 Å². The molecule has 3 aromatic rings. The van der Waals surface area contributed by atoms with Crippen LogP contribution in [0.1, 0.15) is 13.8 Å². The zero-order valence-corrected chi connectivity index (χ0v) is 15.6. The molecule has 0 unspecified atom stereocenters. The summed E-state index contributed by atoms with van der Waals surface area (Å²) in [5.74, 6) is -0.0896. The van der Waals surface area contributed by atoms with Crippen molar-refractivity contribution in [2.75, 3.05) is 12.3 Å². The summed E-state index contributed by atoms with van der Waals surface area (Å²) in [7, 11) is 0. The van der Waals surface area contributed by atoms with Crippen LogP contribution < -0.4 is 16.1 Å². The molecule has 0 saturated carbocycles.